The second kappa shape index (κ2) is 9.31. The lowest BCUT2D eigenvalue weighted by Crippen LogP contribution is -2.06. The number of hydrogen-bond donors (Lipinski definition) is 0. The van der Waals surface area contributed by atoms with Gasteiger partial charge in [-0.3, -0.25) is 15.0 Å². The predicted octanol–water partition coefficient (Wildman–Crippen LogP) is 6.94. The summed E-state index contributed by atoms with van der Waals surface area (Å²) in [7, 11) is 0. The molecule has 1 unspecified atom stereocenters. The Morgan fingerprint density at radius 1 is 0.806 bits per heavy atom. The van der Waals surface area contributed by atoms with Gasteiger partial charge in [0.25, 0.3) is 0 Å². The quantitative estimate of drug-likeness (QED) is 0.258. The molecule has 0 saturated carbocycles. The topological polar surface area (TPSA) is 38.1 Å². The van der Waals surface area contributed by atoms with Crippen molar-refractivity contribution in [2.24, 2.45) is 4.99 Å². The Balaban J connectivity index is 1.88. The number of nitrogens with zero attached hydrogens (tertiary/aromatic N) is 3. The molecule has 4 rings (SSSR count). The van der Waals surface area contributed by atoms with Crippen LogP contribution in [0.4, 0.5) is 5.69 Å². The molecule has 0 radical (unpaired) electrons. The highest BCUT2D eigenvalue weighted by Crippen LogP contribution is 2.37. The molecule has 152 valence electrons. The predicted molar refractivity (Wildman–Crippen MR) is 130 cm³/mol. The van der Waals surface area contributed by atoms with Gasteiger partial charge < -0.3 is 0 Å². The summed E-state index contributed by atoms with van der Waals surface area (Å²) in [5.41, 5.74) is 8.80. The molecule has 2 aromatic carbocycles. The minimum atomic E-state index is -0.0163. The van der Waals surface area contributed by atoms with E-state index in [0.717, 1.165) is 28.1 Å². The van der Waals surface area contributed by atoms with Gasteiger partial charge in [0.2, 0.25) is 0 Å². The molecule has 0 aliphatic heterocycles. The first-order valence-corrected chi connectivity index (χ1v) is 10.3. The van der Waals surface area contributed by atoms with E-state index in [-0.39, 0.29) is 5.92 Å². The van der Waals surface area contributed by atoms with Gasteiger partial charge >= 0.3 is 0 Å². The lowest BCUT2D eigenvalue weighted by atomic mass is 9.86. The zero-order chi connectivity index (χ0) is 21.6. The van der Waals surface area contributed by atoms with E-state index in [0.29, 0.717) is 0 Å². The molecular formula is C28H25N3. The minimum Gasteiger partial charge on any atom is -0.264 e. The fourth-order valence-corrected chi connectivity index (χ4v) is 3.91. The first kappa shape index (κ1) is 20.4. The maximum absolute atomic E-state index is 4.66. The van der Waals surface area contributed by atoms with Crippen LogP contribution in [0.2, 0.25) is 0 Å². The van der Waals surface area contributed by atoms with Crippen LogP contribution in [0.15, 0.2) is 102 Å². The summed E-state index contributed by atoms with van der Waals surface area (Å²) in [5, 5.41) is 0. The molecule has 3 heteroatoms. The van der Waals surface area contributed by atoms with Crippen molar-refractivity contribution in [2.45, 2.75) is 19.8 Å². The lowest BCUT2D eigenvalue weighted by Gasteiger charge is -2.20. The van der Waals surface area contributed by atoms with Gasteiger partial charge in [0.15, 0.2) is 0 Å². The third-order valence-electron chi connectivity index (χ3n) is 5.70. The number of hydrogen-bond acceptors (Lipinski definition) is 3. The summed E-state index contributed by atoms with van der Waals surface area (Å²) >= 11 is 0. The molecule has 0 aliphatic carbocycles. The lowest BCUT2D eigenvalue weighted by molar-refractivity contribution is 0.909. The third-order valence-corrected chi connectivity index (χ3v) is 5.70. The van der Waals surface area contributed by atoms with E-state index in [1.165, 1.54) is 16.7 Å². The zero-order valence-electron chi connectivity index (χ0n) is 17.9. The number of pyridine rings is 2. The largest absolute Gasteiger partial charge is 0.264 e. The van der Waals surface area contributed by atoms with Crippen LogP contribution in [0.1, 0.15) is 47.7 Å². The molecule has 0 bridgehead atoms. The Kier molecular flexibility index (Phi) is 6.13. The molecule has 0 saturated heterocycles. The molecular weight excluding hydrogens is 378 g/mol. The molecule has 0 aliphatic rings. The number of benzene rings is 2. The SMILES string of the molecule is C=Nc1ccc(C(c2cccnc2)c2ccccn2)cc1/C(C)=C(\C)c1ccccc1. The van der Waals surface area contributed by atoms with Crippen LogP contribution in [0.5, 0.6) is 0 Å². The van der Waals surface area contributed by atoms with Crippen molar-refractivity contribution >= 4 is 23.6 Å². The van der Waals surface area contributed by atoms with Crippen molar-refractivity contribution in [2.75, 3.05) is 0 Å². The normalized spacial score (nSPS) is 12.7. The smallest absolute Gasteiger partial charge is 0.0697 e. The fourth-order valence-electron chi connectivity index (χ4n) is 3.91. The standard InChI is InChI=1S/C28H25N3/c1-20(22-10-5-4-6-11-22)21(2)25-18-23(14-15-26(25)29-3)28(24-12-9-16-30-19-24)27-13-7-8-17-31-27/h4-19,28H,3H2,1-2H3/b21-20+. The average molecular weight is 404 g/mol. The third kappa shape index (κ3) is 4.36. The van der Waals surface area contributed by atoms with E-state index in [1.54, 1.807) is 6.20 Å². The van der Waals surface area contributed by atoms with Crippen LogP contribution >= 0.6 is 0 Å². The van der Waals surface area contributed by atoms with Crippen LogP contribution in [0.3, 0.4) is 0 Å². The van der Waals surface area contributed by atoms with Crippen molar-refractivity contribution in [1.82, 2.24) is 9.97 Å². The van der Waals surface area contributed by atoms with Crippen molar-refractivity contribution in [1.29, 1.82) is 0 Å². The van der Waals surface area contributed by atoms with Gasteiger partial charge in [0, 0.05) is 24.2 Å². The second-order valence-corrected chi connectivity index (χ2v) is 7.52. The van der Waals surface area contributed by atoms with Gasteiger partial charge in [0.1, 0.15) is 0 Å². The van der Waals surface area contributed by atoms with Crippen molar-refractivity contribution < 1.29 is 0 Å². The van der Waals surface area contributed by atoms with Crippen molar-refractivity contribution in [3.8, 4) is 0 Å². The maximum Gasteiger partial charge on any atom is 0.0697 e. The Morgan fingerprint density at radius 3 is 2.29 bits per heavy atom. The van der Waals surface area contributed by atoms with Crippen LogP contribution in [-0.4, -0.2) is 16.7 Å². The number of rotatable bonds is 6. The highest BCUT2D eigenvalue weighted by Gasteiger charge is 2.20. The van der Waals surface area contributed by atoms with E-state index in [4.69, 9.17) is 0 Å². The molecule has 2 aromatic heterocycles. The van der Waals surface area contributed by atoms with Crippen LogP contribution in [0, 0.1) is 0 Å². The van der Waals surface area contributed by atoms with Gasteiger partial charge in [-0.25, -0.2) is 0 Å². The summed E-state index contributed by atoms with van der Waals surface area (Å²) in [6, 6.07) is 26.9. The van der Waals surface area contributed by atoms with Crippen molar-refractivity contribution in [3.05, 3.63) is 125 Å². The van der Waals surface area contributed by atoms with E-state index in [9.17, 15) is 0 Å². The number of allylic oxidation sites excluding steroid dienone is 2. The Bertz CT molecular complexity index is 1160. The summed E-state index contributed by atoms with van der Waals surface area (Å²) in [6.07, 6.45) is 5.55. The molecule has 31 heavy (non-hydrogen) atoms. The summed E-state index contributed by atoms with van der Waals surface area (Å²) in [4.78, 5) is 13.3. The molecule has 2 heterocycles. The second-order valence-electron chi connectivity index (χ2n) is 7.52. The first-order chi connectivity index (χ1) is 15.2. The molecule has 0 N–H and O–H groups in total. The zero-order valence-corrected chi connectivity index (χ0v) is 17.9. The van der Waals surface area contributed by atoms with Crippen molar-refractivity contribution in [3.63, 3.8) is 0 Å². The van der Waals surface area contributed by atoms with E-state index >= 15 is 0 Å². The Labute approximate surface area is 183 Å². The summed E-state index contributed by atoms with van der Waals surface area (Å²) in [6.45, 7) is 8.11. The number of aromatic nitrogens is 2. The van der Waals surface area contributed by atoms with Gasteiger partial charge in [-0.2, -0.15) is 0 Å². The van der Waals surface area contributed by atoms with E-state index in [2.05, 4.69) is 84.1 Å². The Hall–Kier alpha value is -3.85. The summed E-state index contributed by atoms with van der Waals surface area (Å²) < 4.78 is 0. The molecule has 4 aromatic rings. The van der Waals surface area contributed by atoms with E-state index in [1.807, 2.05) is 42.7 Å². The molecule has 0 amide bonds. The summed E-state index contributed by atoms with van der Waals surface area (Å²) in [5.74, 6) is -0.0163. The molecule has 0 fully saturated rings. The number of aliphatic imine (C=N–C) groups is 1. The van der Waals surface area contributed by atoms with Gasteiger partial charge in [-0.05, 0) is 78.7 Å². The highest BCUT2D eigenvalue weighted by atomic mass is 14.7. The first-order valence-electron chi connectivity index (χ1n) is 10.3. The molecule has 3 nitrogen and oxygen atoms in total. The average Bonchev–Trinajstić information content (AvgIpc) is 2.85. The Morgan fingerprint density at radius 2 is 1.61 bits per heavy atom. The van der Waals surface area contributed by atoms with Crippen LogP contribution in [-0.2, 0) is 0 Å². The molecule has 0 spiro atoms. The fraction of sp³-hybridized carbons (Fsp3) is 0.107. The minimum absolute atomic E-state index is 0.0163. The van der Waals surface area contributed by atoms with E-state index < -0.39 is 0 Å². The van der Waals surface area contributed by atoms with Crippen LogP contribution < -0.4 is 0 Å². The highest BCUT2D eigenvalue weighted by molar-refractivity contribution is 5.92. The maximum atomic E-state index is 4.66. The van der Waals surface area contributed by atoms with Gasteiger partial charge in [0.05, 0.1) is 17.3 Å². The van der Waals surface area contributed by atoms with Crippen LogP contribution in [0.25, 0.3) is 11.1 Å². The monoisotopic (exact) mass is 403 g/mol. The molecule has 1 atom stereocenters. The van der Waals surface area contributed by atoms with Gasteiger partial charge in [-0.1, -0.05) is 48.5 Å². The van der Waals surface area contributed by atoms with Gasteiger partial charge in [-0.15, -0.1) is 0 Å².